The zero-order valence-electron chi connectivity index (χ0n) is 3.74. The fourth-order valence-corrected chi connectivity index (χ4v) is 0.372. The van der Waals surface area contributed by atoms with E-state index >= 15 is 0 Å². The van der Waals surface area contributed by atoms with Crippen molar-refractivity contribution in [3.63, 3.8) is 0 Å². The molecule has 0 aromatic rings. The lowest BCUT2D eigenvalue weighted by Gasteiger charge is -1.79. The molecule has 0 N–H and O–H groups in total. The van der Waals surface area contributed by atoms with Gasteiger partial charge in [-0.15, -0.1) is 0 Å². The molecular formula is C4H5N2O+. The van der Waals surface area contributed by atoms with Crippen molar-refractivity contribution in [2.24, 2.45) is 5.10 Å². The SMILES string of the molecule is O=[N+]1CC=CC=N1. The molecule has 0 bridgehead atoms. The number of hydrogen-bond acceptors (Lipinski definition) is 1. The van der Waals surface area contributed by atoms with Crippen molar-refractivity contribution in [3.8, 4) is 0 Å². The Balaban J connectivity index is 2.66. The van der Waals surface area contributed by atoms with Crippen LogP contribution in [-0.2, 0) is 0 Å². The zero-order chi connectivity index (χ0) is 5.11. The molecule has 1 aliphatic rings. The standard InChI is InChI=1S/C4H5N2O/c7-6-4-2-1-3-5-6/h1-3H,4H2/q+1. The van der Waals surface area contributed by atoms with Gasteiger partial charge in [-0.05, 0) is 12.2 Å². The van der Waals surface area contributed by atoms with Crippen LogP contribution in [-0.4, -0.2) is 17.6 Å². The van der Waals surface area contributed by atoms with Crippen molar-refractivity contribution >= 4 is 6.21 Å². The smallest absolute Gasteiger partial charge is 0.0351 e. The second kappa shape index (κ2) is 1.64. The van der Waals surface area contributed by atoms with Crippen LogP contribution in [0.15, 0.2) is 17.3 Å². The van der Waals surface area contributed by atoms with E-state index in [0.717, 1.165) is 0 Å². The molecule has 0 spiro atoms. The van der Waals surface area contributed by atoms with Crippen LogP contribution < -0.4 is 0 Å². The summed E-state index contributed by atoms with van der Waals surface area (Å²) in [5, 5.41) is 3.40. The molecule has 0 radical (unpaired) electrons. The Hall–Kier alpha value is -0.990. The molecule has 7 heavy (non-hydrogen) atoms. The molecule has 1 rings (SSSR count). The molecule has 0 fully saturated rings. The molecule has 3 nitrogen and oxygen atoms in total. The van der Waals surface area contributed by atoms with Gasteiger partial charge in [0, 0.05) is 5.10 Å². The fourth-order valence-electron chi connectivity index (χ4n) is 0.372. The summed E-state index contributed by atoms with van der Waals surface area (Å²) in [6.07, 6.45) is 4.96. The minimum Gasteiger partial charge on any atom is -0.0351 e. The van der Waals surface area contributed by atoms with E-state index < -0.39 is 0 Å². The molecule has 0 aromatic carbocycles. The van der Waals surface area contributed by atoms with Gasteiger partial charge >= 0.3 is 0 Å². The minimum atomic E-state index is 0.385. The molecule has 0 unspecified atom stereocenters. The Morgan fingerprint density at radius 2 is 2.57 bits per heavy atom. The van der Waals surface area contributed by atoms with Gasteiger partial charge in [0.05, 0.1) is 11.1 Å². The molecule has 0 saturated heterocycles. The van der Waals surface area contributed by atoms with Gasteiger partial charge in [0.15, 0.2) is 4.87 Å². The first-order valence-electron chi connectivity index (χ1n) is 2.03. The fraction of sp³-hybridized carbons (Fsp3) is 0.250. The maximum absolute atomic E-state index is 10.1. The van der Waals surface area contributed by atoms with Crippen molar-refractivity contribution in [1.29, 1.82) is 0 Å². The first-order valence-corrected chi connectivity index (χ1v) is 2.03. The first kappa shape index (κ1) is 4.18. The second-order valence-electron chi connectivity index (χ2n) is 1.23. The summed E-state index contributed by atoms with van der Waals surface area (Å²) >= 11 is 0. The van der Waals surface area contributed by atoms with E-state index in [4.69, 9.17) is 0 Å². The van der Waals surface area contributed by atoms with Gasteiger partial charge in [0.25, 0.3) is 0 Å². The normalized spacial score (nSPS) is 18.0. The van der Waals surface area contributed by atoms with Crippen LogP contribution in [0.3, 0.4) is 0 Å². The average Bonchev–Trinajstić information content (AvgIpc) is 1.69. The molecule has 0 saturated carbocycles. The quantitative estimate of drug-likeness (QED) is 0.400. The number of nitroso groups, excluding NO2 is 1. The first-order chi connectivity index (χ1) is 3.39. The predicted molar refractivity (Wildman–Crippen MR) is 26.1 cm³/mol. The van der Waals surface area contributed by atoms with Gasteiger partial charge in [-0.3, -0.25) is 0 Å². The van der Waals surface area contributed by atoms with Crippen LogP contribution in [0.25, 0.3) is 0 Å². The maximum Gasteiger partial charge on any atom is 0.246 e. The number of rotatable bonds is 0. The highest BCUT2D eigenvalue weighted by atomic mass is 16.3. The second-order valence-corrected chi connectivity index (χ2v) is 1.23. The van der Waals surface area contributed by atoms with Crippen LogP contribution in [0, 0.1) is 4.91 Å². The molecule has 3 heteroatoms. The van der Waals surface area contributed by atoms with Crippen LogP contribution in [0.2, 0.25) is 0 Å². The van der Waals surface area contributed by atoms with Crippen molar-refractivity contribution in [2.75, 3.05) is 6.54 Å². The topological polar surface area (TPSA) is 32.4 Å². The van der Waals surface area contributed by atoms with Crippen molar-refractivity contribution in [3.05, 3.63) is 17.1 Å². The summed E-state index contributed by atoms with van der Waals surface area (Å²) in [6, 6.07) is 0. The summed E-state index contributed by atoms with van der Waals surface area (Å²) in [5.74, 6) is 0. The van der Waals surface area contributed by atoms with Crippen molar-refractivity contribution in [1.82, 2.24) is 0 Å². The summed E-state index contributed by atoms with van der Waals surface area (Å²) in [7, 11) is 0. The van der Waals surface area contributed by atoms with Gasteiger partial charge in [0.1, 0.15) is 0 Å². The Morgan fingerprint density at radius 3 is 2.86 bits per heavy atom. The highest BCUT2D eigenvalue weighted by Gasteiger charge is 2.01. The number of allylic oxidation sites excluding steroid dienone is 1. The van der Waals surface area contributed by atoms with E-state index in [9.17, 15) is 4.91 Å². The summed E-state index contributed by atoms with van der Waals surface area (Å²) in [6.45, 7) is 0.385. The third-order valence-corrected chi connectivity index (χ3v) is 0.679. The molecule has 0 aliphatic carbocycles. The highest BCUT2D eigenvalue weighted by Crippen LogP contribution is 1.82. The highest BCUT2D eigenvalue weighted by molar-refractivity contribution is 5.70. The molecule has 0 amide bonds. The van der Waals surface area contributed by atoms with E-state index in [1.807, 2.05) is 0 Å². The molecule has 36 valence electrons. The lowest BCUT2D eigenvalue weighted by Crippen LogP contribution is -2.02. The van der Waals surface area contributed by atoms with E-state index in [-0.39, 0.29) is 0 Å². The van der Waals surface area contributed by atoms with Crippen molar-refractivity contribution in [2.45, 2.75) is 0 Å². The Kier molecular flexibility index (Phi) is 0.978. The van der Waals surface area contributed by atoms with Crippen LogP contribution >= 0.6 is 0 Å². The Labute approximate surface area is 40.9 Å². The Morgan fingerprint density at radius 1 is 1.71 bits per heavy atom. The summed E-state index contributed by atoms with van der Waals surface area (Å²) in [4.78, 5) is 10.8. The average molecular weight is 97.1 g/mol. The molecule has 1 heterocycles. The molecular weight excluding hydrogens is 92.1 g/mol. The van der Waals surface area contributed by atoms with Crippen molar-refractivity contribution < 1.29 is 4.87 Å². The van der Waals surface area contributed by atoms with Gasteiger partial charge in [-0.2, -0.15) is 0 Å². The lowest BCUT2D eigenvalue weighted by atomic mass is 10.5. The maximum atomic E-state index is 10.1. The van der Waals surface area contributed by atoms with E-state index in [1.165, 1.54) is 6.21 Å². The number of hydrazone groups is 1. The predicted octanol–water partition coefficient (Wildman–Crippen LogP) is 0.321. The number of nitrogens with zero attached hydrogens (tertiary/aromatic N) is 2. The lowest BCUT2D eigenvalue weighted by molar-refractivity contribution is -0.544. The minimum absolute atomic E-state index is 0.385. The summed E-state index contributed by atoms with van der Waals surface area (Å²) in [5.41, 5.74) is 0. The third-order valence-electron chi connectivity index (χ3n) is 0.679. The van der Waals surface area contributed by atoms with Crippen LogP contribution in [0.5, 0.6) is 0 Å². The monoisotopic (exact) mass is 97.0 g/mol. The summed E-state index contributed by atoms with van der Waals surface area (Å²) < 4.78 is 0. The molecule has 0 aromatic heterocycles. The number of hydrogen-bond donors (Lipinski definition) is 0. The van der Waals surface area contributed by atoms with E-state index in [1.54, 1.807) is 12.2 Å². The van der Waals surface area contributed by atoms with Crippen LogP contribution in [0.1, 0.15) is 0 Å². The zero-order valence-corrected chi connectivity index (χ0v) is 3.74. The van der Waals surface area contributed by atoms with Gasteiger partial charge in [-0.25, -0.2) is 0 Å². The Bertz CT molecular complexity index is 137. The van der Waals surface area contributed by atoms with E-state index in [0.29, 0.717) is 11.4 Å². The largest absolute Gasteiger partial charge is 0.246 e. The molecule has 0 atom stereocenters. The van der Waals surface area contributed by atoms with E-state index in [2.05, 4.69) is 5.10 Å². The van der Waals surface area contributed by atoms with Gasteiger partial charge in [-0.1, -0.05) is 0 Å². The molecule has 1 aliphatic heterocycles. The van der Waals surface area contributed by atoms with Crippen LogP contribution in [0.4, 0.5) is 0 Å². The van der Waals surface area contributed by atoms with Gasteiger partial charge in [0.2, 0.25) is 6.54 Å². The third kappa shape index (κ3) is 0.924. The van der Waals surface area contributed by atoms with Gasteiger partial charge < -0.3 is 0 Å².